The predicted molar refractivity (Wildman–Crippen MR) is 70.6 cm³/mol. The Morgan fingerprint density at radius 1 is 0.737 bits per heavy atom. The second-order valence-corrected chi connectivity index (χ2v) is 3.69. The van der Waals surface area contributed by atoms with Crippen LogP contribution in [0.2, 0.25) is 0 Å². The van der Waals surface area contributed by atoms with E-state index in [1.807, 2.05) is 0 Å². The van der Waals surface area contributed by atoms with Crippen LogP contribution in [0.25, 0.3) is 0 Å². The number of benzene rings is 2. The molecule has 0 fully saturated rings. The maximum Gasteiger partial charge on any atom is 3.00 e. The van der Waals surface area contributed by atoms with Gasteiger partial charge in [0.2, 0.25) is 0 Å². The number of carbonyl (C=O) groups is 2. The summed E-state index contributed by atoms with van der Waals surface area (Å²) in [5.74, 6) is 0.202. The summed E-state index contributed by atoms with van der Waals surface area (Å²) in [6, 6.07) is 19.6. The van der Waals surface area contributed by atoms with E-state index in [1.165, 1.54) is 0 Å². The minimum Gasteiger partial charge on any atom is -0.297 e. The maximum absolute atomic E-state index is 10.6. The third-order valence-corrected chi connectivity index (χ3v) is 2.25. The molecule has 0 N–H and O–H groups in total. The van der Waals surface area contributed by atoms with Gasteiger partial charge in [-0.15, -0.1) is 0 Å². The van der Waals surface area contributed by atoms with Crippen molar-refractivity contribution in [2.45, 2.75) is 13.8 Å². The van der Waals surface area contributed by atoms with E-state index in [2.05, 4.69) is 12.1 Å². The fourth-order valence-electron chi connectivity index (χ4n) is 1.24. The van der Waals surface area contributed by atoms with Gasteiger partial charge in [0, 0.05) is 0 Å². The van der Waals surface area contributed by atoms with Crippen molar-refractivity contribution < 1.29 is 42.3 Å². The summed E-state index contributed by atoms with van der Waals surface area (Å²) in [5.41, 5.74) is 1.49. The van der Waals surface area contributed by atoms with E-state index < -0.39 is 0 Å². The molecule has 2 aromatic rings. The van der Waals surface area contributed by atoms with Gasteiger partial charge in [-0.3, -0.25) is 9.59 Å². The van der Waals surface area contributed by atoms with Gasteiger partial charge in [0.1, 0.15) is 11.6 Å². The quantitative estimate of drug-likeness (QED) is 0.626. The van der Waals surface area contributed by atoms with Crippen molar-refractivity contribution in [1.82, 2.24) is 0 Å². The molecular weight excluding hydrogens is 313 g/mol. The van der Waals surface area contributed by atoms with E-state index in [9.17, 15) is 9.59 Å². The fraction of sp³-hybridized carbons (Fsp3) is 0.125. The summed E-state index contributed by atoms with van der Waals surface area (Å²) in [5, 5.41) is 0. The van der Waals surface area contributed by atoms with Crippen LogP contribution in [0.1, 0.15) is 34.6 Å². The maximum atomic E-state index is 10.6. The van der Waals surface area contributed by atoms with Crippen molar-refractivity contribution in [1.29, 1.82) is 0 Å². The zero-order valence-corrected chi connectivity index (χ0v) is 13.9. The molecule has 0 atom stereocenters. The van der Waals surface area contributed by atoms with Crippen molar-refractivity contribution >= 4 is 11.6 Å². The summed E-state index contributed by atoms with van der Waals surface area (Å²) in [7, 11) is 0. The van der Waals surface area contributed by atoms with Gasteiger partial charge in [0.15, 0.2) is 0 Å². The molecule has 0 unspecified atom stereocenters. The average molecular weight is 327 g/mol. The molecule has 19 heavy (non-hydrogen) atoms. The first-order chi connectivity index (χ1) is 8.61. The van der Waals surface area contributed by atoms with Gasteiger partial charge in [-0.25, -0.2) is 0 Å². The van der Waals surface area contributed by atoms with Crippen LogP contribution in [0, 0.1) is 12.1 Å². The van der Waals surface area contributed by atoms with E-state index in [1.54, 1.807) is 62.4 Å². The van der Waals surface area contributed by atoms with E-state index in [0.29, 0.717) is 0 Å². The standard InChI is InChI=1S/2C8H7O.Y/c2*1-7(9)8-5-3-2-4-6-8;/h2*3-6H,1H3;/q2*-1;+3. The van der Waals surface area contributed by atoms with Crippen LogP contribution in [-0.4, -0.2) is 11.6 Å². The first kappa shape index (κ1) is 17.9. The third-order valence-electron chi connectivity index (χ3n) is 2.25. The molecule has 92 valence electrons. The summed E-state index contributed by atoms with van der Waals surface area (Å²) >= 11 is 0. The molecule has 0 bridgehead atoms. The Labute approximate surface area is 139 Å². The molecule has 0 saturated heterocycles. The van der Waals surface area contributed by atoms with Gasteiger partial charge in [-0.05, 0) is 13.8 Å². The Balaban J connectivity index is 0.000000324. The number of Topliss-reactive ketones (excluding diaryl/α,β-unsaturated/α-hetero) is 2. The Hall–Kier alpha value is -1.12. The molecule has 0 heterocycles. The van der Waals surface area contributed by atoms with E-state index in [4.69, 9.17) is 0 Å². The van der Waals surface area contributed by atoms with Crippen LogP contribution < -0.4 is 0 Å². The number of carbonyl (C=O) groups excluding carboxylic acids is 2. The van der Waals surface area contributed by atoms with Crippen molar-refractivity contribution in [2.75, 3.05) is 0 Å². The largest absolute Gasteiger partial charge is 3.00 e. The molecule has 2 nitrogen and oxygen atoms in total. The molecule has 0 spiro atoms. The van der Waals surface area contributed by atoms with Crippen LogP contribution in [0.15, 0.2) is 48.5 Å². The summed E-state index contributed by atoms with van der Waals surface area (Å²) in [4.78, 5) is 21.3. The third kappa shape index (κ3) is 7.14. The molecule has 0 radical (unpaired) electrons. The minimum atomic E-state index is 0. The minimum absolute atomic E-state index is 0. The summed E-state index contributed by atoms with van der Waals surface area (Å²) < 4.78 is 0. The first-order valence-electron chi connectivity index (χ1n) is 5.55. The summed E-state index contributed by atoms with van der Waals surface area (Å²) in [6.45, 7) is 3.10. The monoisotopic (exact) mass is 327 g/mol. The van der Waals surface area contributed by atoms with Crippen molar-refractivity contribution in [3.8, 4) is 0 Å². The molecule has 2 aromatic carbocycles. The zero-order chi connectivity index (χ0) is 13.4. The SMILES string of the molecule is CC(=O)c1cc[c-]cc1.CC(=O)c1cc[c-]cc1.[Y+3]. The summed E-state index contributed by atoms with van der Waals surface area (Å²) in [6.07, 6.45) is 0. The zero-order valence-electron chi connectivity index (χ0n) is 11.0. The molecule has 0 aliphatic heterocycles. The molecule has 0 aromatic heterocycles. The van der Waals surface area contributed by atoms with Gasteiger partial charge in [0.25, 0.3) is 0 Å². The van der Waals surface area contributed by atoms with E-state index >= 15 is 0 Å². The molecule has 0 saturated carbocycles. The smallest absolute Gasteiger partial charge is 0.297 e. The molecule has 0 aliphatic rings. The molecule has 2 rings (SSSR count). The number of rotatable bonds is 2. The second kappa shape index (κ2) is 9.77. The van der Waals surface area contributed by atoms with Gasteiger partial charge in [-0.2, -0.15) is 60.7 Å². The fourth-order valence-corrected chi connectivity index (χ4v) is 1.24. The number of ketones is 2. The van der Waals surface area contributed by atoms with Gasteiger partial charge >= 0.3 is 32.7 Å². The van der Waals surface area contributed by atoms with Crippen LogP contribution in [0.4, 0.5) is 0 Å². The molecule has 0 aliphatic carbocycles. The van der Waals surface area contributed by atoms with Crippen LogP contribution >= 0.6 is 0 Å². The predicted octanol–water partition coefficient (Wildman–Crippen LogP) is 3.38. The Morgan fingerprint density at radius 3 is 1.16 bits per heavy atom. The first-order valence-corrected chi connectivity index (χ1v) is 5.55. The van der Waals surface area contributed by atoms with Crippen molar-refractivity contribution in [3.05, 3.63) is 71.8 Å². The Bertz CT molecular complexity index is 457. The number of hydrogen-bond acceptors (Lipinski definition) is 2. The normalized spacial score (nSPS) is 8.53. The topological polar surface area (TPSA) is 34.1 Å². The Morgan fingerprint density at radius 2 is 1.00 bits per heavy atom. The average Bonchev–Trinajstić information content (AvgIpc) is 2.41. The molecule has 3 heteroatoms. The Kier molecular flexibility index (Phi) is 9.19. The van der Waals surface area contributed by atoms with E-state index in [0.717, 1.165) is 11.1 Å². The van der Waals surface area contributed by atoms with E-state index in [-0.39, 0.29) is 44.3 Å². The molecule has 0 amide bonds. The van der Waals surface area contributed by atoms with Crippen molar-refractivity contribution in [2.24, 2.45) is 0 Å². The molecular formula is C16H14O2Y+. The van der Waals surface area contributed by atoms with Gasteiger partial charge in [-0.1, -0.05) is 11.1 Å². The van der Waals surface area contributed by atoms with Gasteiger partial charge in [0.05, 0.1) is 0 Å². The second-order valence-electron chi connectivity index (χ2n) is 3.69. The van der Waals surface area contributed by atoms with Gasteiger partial charge < -0.3 is 0 Å². The van der Waals surface area contributed by atoms with Crippen LogP contribution in [0.5, 0.6) is 0 Å². The van der Waals surface area contributed by atoms with Crippen LogP contribution in [0.3, 0.4) is 0 Å². The van der Waals surface area contributed by atoms with Crippen molar-refractivity contribution in [3.63, 3.8) is 0 Å². The number of hydrogen-bond donors (Lipinski definition) is 0. The van der Waals surface area contributed by atoms with Crippen LogP contribution in [-0.2, 0) is 32.7 Å².